The highest BCUT2D eigenvalue weighted by atomic mass is 32.2. The Morgan fingerprint density at radius 3 is 2.75 bits per heavy atom. The number of tetrazole rings is 1. The van der Waals surface area contributed by atoms with E-state index >= 15 is 0 Å². The molecule has 0 aliphatic rings. The van der Waals surface area contributed by atoms with E-state index in [1.54, 1.807) is 4.68 Å². The molecule has 0 aliphatic heterocycles. The molecule has 8 heteroatoms. The summed E-state index contributed by atoms with van der Waals surface area (Å²) in [5, 5.41) is 20.5. The van der Waals surface area contributed by atoms with Crippen molar-refractivity contribution >= 4 is 17.7 Å². The Labute approximate surface area is 97.4 Å². The fourth-order valence-corrected chi connectivity index (χ4v) is 1.92. The predicted octanol–water partition coefficient (Wildman–Crippen LogP) is -0.0679. The average molecular weight is 245 g/mol. The van der Waals surface area contributed by atoms with Gasteiger partial charge in [0.05, 0.1) is 5.54 Å². The van der Waals surface area contributed by atoms with Crippen LogP contribution >= 0.6 is 11.8 Å². The molecule has 0 amide bonds. The molecule has 0 saturated carbocycles. The molecule has 0 radical (unpaired) electrons. The van der Waals surface area contributed by atoms with Crippen LogP contribution in [0.4, 0.5) is 0 Å². The van der Waals surface area contributed by atoms with E-state index in [9.17, 15) is 4.79 Å². The van der Waals surface area contributed by atoms with Gasteiger partial charge in [-0.25, -0.2) is 4.68 Å². The SMILES string of the molecule is CC(C)(C)n1nnnc1SC[C@H](N)C(=O)O. The molecule has 90 valence electrons. The molecule has 0 spiro atoms. The highest BCUT2D eigenvalue weighted by Gasteiger charge is 2.21. The maximum absolute atomic E-state index is 10.5. The normalized spacial score (nSPS) is 13.8. The first kappa shape index (κ1) is 12.9. The van der Waals surface area contributed by atoms with Gasteiger partial charge < -0.3 is 10.8 Å². The van der Waals surface area contributed by atoms with Crippen LogP contribution in [-0.2, 0) is 10.3 Å². The van der Waals surface area contributed by atoms with Crippen LogP contribution in [0.15, 0.2) is 5.16 Å². The number of hydrogen-bond donors (Lipinski definition) is 2. The van der Waals surface area contributed by atoms with E-state index in [0.29, 0.717) is 5.16 Å². The fraction of sp³-hybridized carbons (Fsp3) is 0.750. The molecular weight excluding hydrogens is 230 g/mol. The Balaban J connectivity index is 2.68. The van der Waals surface area contributed by atoms with Crippen LogP contribution in [-0.4, -0.2) is 43.1 Å². The number of aliphatic carboxylic acids is 1. The highest BCUT2D eigenvalue weighted by molar-refractivity contribution is 7.99. The summed E-state index contributed by atoms with van der Waals surface area (Å²) >= 11 is 1.24. The lowest BCUT2D eigenvalue weighted by atomic mass is 10.1. The van der Waals surface area contributed by atoms with Crippen molar-refractivity contribution in [3.8, 4) is 0 Å². The summed E-state index contributed by atoms with van der Waals surface area (Å²) in [6, 6.07) is -0.907. The first-order valence-corrected chi connectivity index (χ1v) is 5.71. The molecule has 1 atom stereocenters. The lowest BCUT2D eigenvalue weighted by molar-refractivity contribution is -0.137. The van der Waals surface area contributed by atoms with Gasteiger partial charge in [-0.05, 0) is 31.2 Å². The Bertz CT molecular complexity index is 373. The van der Waals surface area contributed by atoms with Gasteiger partial charge in [-0.3, -0.25) is 4.79 Å². The average Bonchev–Trinajstić information content (AvgIpc) is 2.60. The topological polar surface area (TPSA) is 107 Å². The summed E-state index contributed by atoms with van der Waals surface area (Å²) in [5.41, 5.74) is 5.16. The minimum atomic E-state index is -1.03. The van der Waals surface area contributed by atoms with Gasteiger partial charge in [0.1, 0.15) is 6.04 Å². The lowest BCUT2D eigenvalue weighted by Gasteiger charge is -2.19. The van der Waals surface area contributed by atoms with Crippen LogP contribution in [0.1, 0.15) is 20.8 Å². The van der Waals surface area contributed by atoms with Crippen molar-refractivity contribution in [2.75, 3.05) is 5.75 Å². The van der Waals surface area contributed by atoms with Crippen LogP contribution in [0.3, 0.4) is 0 Å². The molecule has 16 heavy (non-hydrogen) atoms. The van der Waals surface area contributed by atoms with Gasteiger partial charge in [-0.1, -0.05) is 11.8 Å². The summed E-state index contributed by atoms with van der Waals surface area (Å²) in [5.74, 6) is -0.784. The Kier molecular flexibility index (Phi) is 3.87. The summed E-state index contributed by atoms with van der Waals surface area (Å²) in [7, 11) is 0. The number of carboxylic acids is 1. The van der Waals surface area contributed by atoms with Gasteiger partial charge in [0.25, 0.3) is 0 Å². The number of rotatable bonds is 4. The van der Waals surface area contributed by atoms with E-state index in [-0.39, 0.29) is 11.3 Å². The first-order chi connectivity index (χ1) is 7.32. The van der Waals surface area contributed by atoms with E-state index in [0.717, 1.165) is 0 Å². The zero-order chi connectivity index (χ0) is 12.3. The van der Waals surface area contributed by atoms with E-state index in [2.05, 4.69) is 15.5 Å². The van der Waals surface area contributed by atoms with Crippen molar-refractivity contribution in [2.24, 2.45) is 5.73 Å². The van der Waals surface area contributed by atoms with E-state index < -0.39 is 12.0 Å². The summed E-state index contributed by atoms with van der Waals surface area (Å²) < 4.78 is 1.65. The molecule has 1 heterocycles. The summed E-state index contributed by atoms with van der Waals surface area (Å²) in [6.45, 7) is 5.89. The number of hydrogen-bond acceptors (Lipinski definition) is 6. The molecule has 1 aromatic rings. The van der Waals surface area contributed by atoms with Crippen molar-refractivity contribution < 1.29 is 9.90 Å². The molecule has 3 N–H and O–H groups in total. The van der Waals surface area contributed by atoms with Crippen molar-refractivity contribution in [3.63, 3.8) is 0 Å². The third kappa shape index (κ3) is 3.17. The monoisotopic (exact) mass is 245 g/mol. The predicted molar refractivity (Wildman–Crippen MR) is 59.1 cm³/mol. The molecule has 1 aromatic heterocycles. The minimum absolute atomic E-state index is 0.237. The summed E-state index contributed by atoms with van der Waals surface area (Å²) in [4.78, 5) is 10.5. The Morgan fingerprint density at radius 2 is 2.25 bits per heavy atom. The van der Waals surface area contributed by atoms with Crippen molar-refractivity contribution in [2.45, 2.75) is 37.5 Å². The largest absolute Gasteiger partial charge is 0.480 e. The second kappa shape index (κ2) is 4.79. The highest BCUT2D eigenvalue weighted by Crippen LogP contribution is 2.21. The van der Waals surface area contributed by atoms with Crippen molar-refractivity contribution in [1.29, 1.82) is 0 Å². The second-order valence-electron chi connectivity index (χ2n) is 4.30. The van der Waals surface area contributed by atoms with E-state index in [1.165, 1.54) is 11.8 Å². The maximum Gasteiger partial charge on any atom is 0.321 e. The molecule has 7 nitrogen and oxygen atoms in total. The van der Waals surface area contributed by atoms with Crippen LogP contribution in [0.25, 0.3) is 0 Å². The first-order valence-electron chi connectivity index (χ1n) is 4.72. The Morgan fingerprint density at radius 1 is 1.62 bits per heavy atom. The Hall–Kier alpha value is -1.15. The molecule has 0 fully saturated rings. The number of carboxylic acid groups (broad SMARTS) is 1. The van der Waals surface area contributed by atoms with Gasteiger partial charge in [0, 0.05) is 5.75 Å². The zero-order valence-electron chi connectivity index (χ0n) is 9.41. The van der Waals surface area contributed by atoms with Gasteiger partial charge in [-0.2, -0.15) is 0 Å². The molecule has 0 bridgehead atoms. The number of thioether (sulfide) groups is 1. The standard InChI is InChI=1S/C8H15N5O2S/c1-8(2,3)13-7(10-11-12-13)16-4-5(9)6(14)15/h5H,4,9H2,1-3H3,(H,14,15)/t5-/m0/s1. The summed E-state index contributed by atoms with van der Waals surface area (Å²) in [6.07, 6.45) is 0. The fourth-order valence-electron chi connectivity index (χ4n) is 0.926. The lowest BCUT2D eigenvalue weighted by Crippen LogP contribution is -2.33. The van der Waals surface area contributed by atoms with E-state index in [1.807, 2.05) is 20.8 Å². The molecule has 0 aromatic carbocycles. The quantitative estimate of drug-likeness (QED) is 0.715. The third-order valence-corrected chi connectivity index (χ3v) is 2.82. The van der Waals surface area contributed by atoms with Crippen LogP contribution in [0, 0.1) is 0 Å². The van der Waals surface area contributed by atoms with Gasteiger partial charge in [0.2, 0.25) is 5.16 Å². The molecular formula is C8H15N5O2S. The van der Waals surface area contributed by atoms with Crippen LogP contribution in [0.2, 0.25) is 0 Å². The molecule has 0 unspecified atom stereocenters. The van der Waals surface area contributed by atoms with Crippen LogP contribution in [0.5, 0.6) is 0 Å². The molecule has 1 rings (SSSR count). The zero-order valence-corrected chi connectivity index (χ0v) is 10.2. The number of carbonyl (C=O) groups is 1. The number of nitrogens with two attached hydrogens (primary N) is 1. The maximum atomic E-state index is 10.5. The van der Waals surface area contributed by atoms with Gasteiger partial charge in [-0.15, -0.1) is 5.10 Å². The van der Waals surface area contributed by atoms with Crippen molar-refractivity contribution in [1.82, 2.24) is 20.2 Å². The van der Waals surface area contributed by atoms with Gasteiger partial charge >= 0.3 is 5.97 Å². The number of aromatic nitrogens is 4. The van der Waals surface area contributed by atoms with Crippen molar-refractivity contribution in [3.05, 3.63) is 0 Å². The smallest absolute Gasteiger partial charge is 0.321 e. The third-order valence-electron chi connectivity index (χ3n) is 1.79. The second-order valence-corrected chi connectivity index (χ2v) is 5.29. The number of nitrogens with zero attached hydrogens (tertiary/aromatic N) is 4. The minimum Gasteiger partial charge on any atom is -0.480 e. The molecule has 0 saturated heterocycles. The molecule has 0 aliphatic carbocycles. The van der Waals surface area contributed by atoms with E-state index in [4.69, 9.17) is 10.8 Å². The van der Waals surface area contributed by atoms with Crippen LogP contribution < -0.4 is 5.73 Å². The van der Waals surface area contributed by atoms with Gasteiger partial charge in [0.15, 0.2) is 0 Å².